The highest BCUT2D eigenvalue weighted by molar-refractivity contribution is 7.12. The zero-order valence-electron chi connectivity index (χ0n) is 12.8. The van der Waals surface area contributed by atoms with Gasteiger partial charge in [0.15, 0.2) is 0 Å². The summed E-state index contributed by atoms with van der Waals surface area (Å²) in [5, 5.41) is 5.26. The molecule has 0 radical (unpaired) electrons. The Labute approximate surface area is 126 Å². The van der Waals surface area contributed by atoms with Crippen molar-refractivity contribution in [2.45, 2.75) is 39.0 Å². The van der Waals surface area contributed by atoms with Gasteiger partial charge in [0.1, 0.15) is 0 Å². The highest BCUT2D eigenvalue weighted by Gasteiger charge is 2.25. The summed E-state index contributed by atoms with van der Waals surface area (Å²) in [5.41, 5.74) is 1.21. The maximum absolute atomic E-state index is 12.6. The Kier molecular flexibility index (Phi) is 5.61. The fourth-order valence-corrected chi connectivity index (χ4v) is 3.88. The quantitative estimate of drug-likeness (QED) is 0.903. The Hall–Kier alpha value is -0.870. The largest absolute Gasteiger partial charge is 0.338 e. The number of piperidine rings is 1. The van der Waals surface area contributed by atoms with Crippen LogP contribution in [0.25, 0.3) is 0 Å². The van der Waals surface area contributed by atoms with Gasteiger partial charge >= 0.3 is 0 Å². The molecule has 2 rings (SSSR count). The summed E-state index contributed by atoms with van der Waals surface area (Å²) >= 11 is 1.59. The van der Waals surface area contributed by atoms with E-state index in [1.54, 1.807) is 11.3 Å². The molecule has 1 saturated heterocycles. The van der Waals surface area contributed by atoms with Crippen LogP contribution in [0.5, 0.6) is 0 Å². The van der Waals surface area contributed by atoms with Gasteiger partial charge in [0, 0.05) is 13.1 Å². The Morgan fingerprint density at radius 3 is 2.75 bits per heavy atom. The molecule has 1 aliphatic rings. The van der Waals surface area contributed by atoms with Gasteiger partial charge in [0.05, 0.1) is 4.88 Å². The maximum atomic E-state index is 12.6. The summed E-state index contributed by atoms with van der Waals surface area (Å²) in [6.07, 6.45) is 3.53. The lowest BCUT2D eigenvalue weighted by Gasteiger charge is -2.32. The SMILES string of the molecule is CNCCC1CCN(C(=O)c2sccc2C(C)C)CC1. The molecule has 1 aromatic rings. The van der Waals surface area contributed by atoms with E-state index in [9.17, 15) is 4.79 Å². The molecule has 4 heteroatoms. The van der Waals surface area contributed by atoms with Gasteiger partial charge in [-0.2, -0.15) is 0 Å². The third-order valence-corrected chi connectivity index (χ3v) is 5.13. The van der Waals surface area contributed by atoms with Crippen molar-refractivity contribution in [3.8, 4) is 0 Å². The van der Waals surface area contributed by atoms with Crippen LogP contribution in [-0.4, -0.2) is 37.5 Å². The second kappa shape index (κ2) is 7.23. The van der Waals surface area contributed by atoms with E-state index < -0.39 is 0 Å². The molecule has 0 atom stereocenters. The zero-order chi connectivity index (χ0) is 14.5. The summed E-state index contributed by atoms with van der Waals surface area (Å²) in [6, 6.07) is 2.10. The van der Waals surface area contributed by atoms with Crippen molar-refractivity contribution in [2.24, 2.45) is 5.92 Å². The van der Waals surface area contributed by atoms with Crippen LogP contribution < -0.4 is 5.32 Å². The van der Waals surface area contributed by atoms with Crippen LogP contribution in [0.4, 0.5) is 0 Å². The monoisotopic (exact) mass is 294 g/mol. The molecule has 0 bridgehead atoms. The second-order valence-electron chi connectivity index (χ2n) is 5.99. The maximum Gasteiger partial charge on any atom is 0.264 e. The van der Waals surface area contributed by atoms with E-state index in [-0.39, 0.29) is 5.91 Å². The molecule has 112 valence electrons. The normalized spacial score (nSPS) is 16.9. The smallest absolute Gasteiger partial charge is 0.264 e. The minimum absolute atomic E-state index is 0.246. The second-order valence-corrected chi connectivity index (χ2v) is 6.90. The zero-order valence-corrected chi connectivity index (χ0v) is 13.6. The van der Waals surface area contributed by atoms with Crippen molar-refractivity contribution < 1.29 is 4.79 Å². The van der Waals surface area contributed by atoms with Gasteiger partial charge in [-0.1, -0.05) is 13.8 Å². The average Bonchev–Trinajstić information content (AvgIpc) is 2.94. The molecule has 1 aliphatic heterocycles. The number of nitrogens with zero attached hydrogens (tertiary/aromatic N) is 1. The summed E-state index contributed by atoms with van der Waals surface area (Å²) in [7, 11) is 2.00. The predicted octanol–water partition coefficient (Wildman–Crippen LogP) is 3.33. The number of nitrogens with one attached hydrogen (secondary N) is 1. The van der Waals surface area contributed by atoms with Crippen LogP contribution in [-0.2, 0) is 0 Å². The van der Waals surface area contributed by atoms with E-state index in [4.69, 9.17) is 0 Å². The molecule has 0 unspecified atom stereocenters. The molecule has 0 aromatic carbocycles. The van der Waals surface area contributed by atoms with Crippen LogP contribution in [0, 0.1) is 5.92 Å². The van der Waals surface area contributed by atoms with Gasteiger partial charge < -0.3 is 10.2 Å². The average molecular weight is 294 g/mol. The van der Waals surface area contributed by atoms with Crippen LogP contribution in [0.15, 0.2) is 11.4 Å². The van der Waals surface area contributed by atoms with E-state index in [1.807, 2.05) is 17.3 Å². The molecular weight excluding hydrogens is 268 g/mol. The fourth-order valence-electron chi connectivity index (χ4n) is 2.86. The first-order valence-electron chi connectivity index (χ1n) is 7.64. The third kappa shape index (κ3) is 3.61. The first-order chi connectivity index (χ1) is 9.63. The summed E-state index contributed by atoms with van der Waals surface area (Å²) in [5.74, 6) is 1.45. The molecule has 1 N–H and O–H groups in total. The molecule has 0 aliphatic carbocycles. The highest BCUT2D eigenvalue weighted by atomic mass is 32.1. The van der Waals surface area contributed by atoms with Gasteiger partial charge in [0.25, 0.3) is 5.91 Å². The van der Waals surface area contributed by atoms with Gasteiger partial charge in [-0.3, -0.25) is 4.79 Å². The summed E-state index contributed by atoms with van der Waals surface area (Å²) < 4.78 is 0. The van der Waals surface area contributed by atoms with Crippen molar-refractivity contribution >= 4 is 17.2 Å². The molecule has 20 heavy (non-hydrogen) atoms. The molecule has 3 nitrogen and oxygen atoms in total. The Morgan fingerprint density at radius 2 is 2.15 bits per heavy atom. The molecular formula is C16H26N2OS. The minimum atomic E-state index is 0.246. The fraction of sp³-hybridized carbons (Fsp3) is 0.688. The van der Waals surface area contributed by atoms with Gasteiger partial charge in [-0.25, -0.2) is 0 Å². The number of thiophene rings is 1. The third-order valence-electron chi connectivity index (χ3n) is 4.22. The summed E-state index contributed by atoms with van der Waals surface area (Å²) in [6.45, 7) is 7.23. The molecule has 1 fully saturated rings. The number of carbonyl (C=O) groups is 1. The van der Waals surface area contributed by atoms with E-state index in [1.165, 1.54) is 12.0 Å². The predicted molar refractivity (Wildman–Crippen MR) is 85.6 cm³/mol. The lowest BCUT2D eigenvalue weighted by atomic mass is 9.93. The van der Waals surface area contributed by atoms with Crippen molar-refractivity contribution in [3.05, 3.63) is 21.9 Å². The van der Waals surface area contributed by atoms with Crippen molar-refractivity contribution in [1.29, 1.82) is 0 Å². The molecule has 0 spiro atoms. The Morgan fingerprint density at radius 1 is 1.45 bits per heavy atom. The molecule has 0 saturated carbocycles. The Bertz CT molecular complexity index is 433. The first-order valence-corrected chi connectivity index (χ1v) is 8.52. The lowest BCUT2D eigenvalue weighted by molar-refractivity contribution is 0.0690. The summed E-state index contributed by atoms with van der Waals surface area (Å²) in [4.78, 5) is 15.6. The van der Waals surface area contributed by atoms with E-state index in [0.29, 0.717) is 5.92 Å². The van der Waals surface area contributed by atoms with Crippen LogP contribution in [0.2, 0.25) is 0 Å². The van der Waals surface area contributed by atoms with Crippen molar-refractivity contribution in [2.75, 3.05) is 26.7 Å². The van der Waals surface area contributed by atoms with Gasteiger partial charge in [-0.05, 0) is 61.7 Å². The minimum Gasteiger partial charge on any atom is -0.338 e. The van der Waals surface area contributed by atoms with Crippen molar-refractivity contribution in [1.82, 2.24) is 10.2 Å². The number of amides is 1. The number of hydrogen-bond donors (Lipinski definition) is 1. The number of carbonyl (C=O) groups excluding carboxylic acids is 1. The Balaban J connectivity index is 1.93. The standard InChI is InChI=1S/C16H26N2OS/c1-12(2)14-7-11-20-15(14)16(19)18-9-5-13(6-10-18)4-8-17-3/h7,11-13,17H,4-6,8-10H2,1-3H3. The lowest BCUT2D eigenvalue weighted by Crippen LogP contribution is -2.39. The number of rotatable bonds is 5. The first kappa shape index (κ1) is 15.5. The van der Waals surface area contributed by atoms with E-state index in [2.05, 4.69) is 25.2 Å². The number of hydrogen-bond acceptors (Lipinski definition) is 3. The van der Waals surface area contributed by atoms with Crippen molar-refractivity contribution in [3.63, 3.8) is 0 Å². The molecule has 2 heterocycles. The van der Waals surface area contributed by atoms with Gasteiger partial charge in [-0.15, -0.1) is 11.3 Å². The van der Waals surface area contributed by atoms with E-state index in [0.717, 1.165) is 43.3 Å². The van der Waals surface area contributed by atoms with Gasteiger partial charge in [0.2, 0.25) is 0 Å². The molecule has 1 amide bonds. The van der Waals surface area contributed by atoms with Crippen LogP contribution in [0.3, 0.4) is 0 Å². The van der Waals surface area contributed by atoms with E-state index >= 15 is 0 Å². The van der Waals surface area contributed by atoms with Crippen LogP contribution in [0.1, 0.15) is 54.3 Å². The topological polar surface area (TPSA) is 32.3 Å². The van der Waals surface area contributed by atoms with Crippen LogP contribution >= 0.6 is 11.3 Å². The number of likely N-dealkylation sites (tertiary alicyclic amines) is 1. The highest BCUT2D eigenvalue weighted by Crippen LogP contribution is 2.28. The molecule has 1 aromatic heterocycles.